The van der Waals surface area contributed by atoms with Crippen molar-refractivity contribution in [3.63, 3.8) is 0 Å². The lowest BCUT2D eigenvalue weighted by molar-refractivity contribution is 0.0825. The van der Waals surface area contributed by atoms with Crippen LogP contribution in [-0.2, 0) is 0 Å². The molecule has 1 aliphatic rings. The van der Waals surface area contributed by atoms with E-state index in [1.54, 1.807) is 19.0 Å². The summed E-state index contributed by atoms with van der Waals surface area (Å²) in [5.41, 5.74) is 1.84. The number of carbonyl (C=O) groups excluding carboxylic acids is 1. The summed E-state index contributed by atoms with van der Waals surface area (Å²) in [4.78, 5) is 13.8. The number of amides is 1. The van der Waals surface area contributed by atoms with Gasteiger partial charge in [-0.2, -0.15) is 0 Å². The molecule has 0 saturated heterocycles. The Kier molecular flexibility index (Phi) is 3.60. The predicted molar refractivity (Wildman–Crippen MR) is 72.2 cm³/mol. The molecule has 0 radical (unpaired) electrons. The Bertz CT molecular complexity index is 448. The van der Waals surface area contributed by atoms with Gasteiger partial charge in [0.2, 0.25) is 0 Å². The Morgan fingerprint density at radius 2 is 2.00 bits per heavy atom. The first-order valence-corrected chi connectivity index (χ1v) is 6.51. The van der Waals surface area contributed by atoms with Crippen molar-refractivity contribution in [1.29, 1.82) is 0 Å². The van der Waals surface area contributed by atoms with Gasteiger partial charge >= 0.3 is 0 Å². The van der Waals surface area contributed by atoms with E-state index in [2.05, 4.69) is 13.8 Å². The van der Waals surface area contributed by atoms with Gasteiger partial charge in [-0.15, -0.1) is 0 Å². The summed E-state index contributed by atoms with van der Waals surface area (Å²) in [5, 5.41) is 0. The van der Waals surface area contributed by atoms with Crippen molar-refractivity contribution in [2.75, 3.05) is 14.1 Å². The average Bonchev–Trinajstić information content (AvgIpc) is 3.11. The molecule has 1 aliphatic carbocycles. The Labute approximate surface area is 109 Å². The van der Waals surface area contributed by atoms with Crippen molar-refractivity contribution in [2.24, 2.45) is 0 Å². The SMILES string of the molecule is CC(C)c1ccc(OC2CC2)cc1C(=O)N(C)C. The van der Waals surface area contributed by atoms with E-state index in [-0.39, 0.29) is 5.91 Å². The highest BCUT2D eigenvalue weighted by Crippen LogP contribution is 2.30. The van der Waals surface area contributed by atoms with Crippen LogP contribution in [0.3, 0.4) is 0 Å². The summed E-state index contributed by atoms with van der Waals surface area (Å²) >= 11 is 0. The maximum Gasteiger partial charge on any atom is 0.253 e. The number of hydrogen-bond acceptors (Lipinski definition) is 2. The average molecular weight is 247 g/mol. The smallest absolute Gasteiger partial charge is 0.253 e. The highest BCUT2D eigenvalue weighted by Gasteiger charge is 2.24. The first kappa shape index (κ1) is 12.9. The number of nitrogens with zero attached hydrogens (tertiary/aromatic N) is 1. The molecule has 1 saturated carbocycles. The molecule has 1 amide bonds. The van der Waals surface area contributed by atoms with Gasteiger partial charge in [0.25, 0.3) is 5.91 Å². The third-order valence-corrected chi connectivity index (χ3v) is 3.11. The molecule has 0 unspecified atom stereocenters. The van der Waals surface area contributed by atoms with Crippen molar-refractivity contribution in [2.45, 2.75) is 38.7 Å². The van der Waals surface area contributed by atoms with E-state index in [0.717, 1.165) is 29.7 Å². The van der Waals surface area contributed by atoms with Crippen LogP contribution in [0, 0.1) is 0 Å². The quantitative estimate of drug-likeness (QED) is 0.818. The largest absolute Gasteiger partial charge is 0.490 e. The highest BCUT2D eigenvalue weighted by molar-refractivity contribution is 5.96. The van der Waals surface area contributed by atoms with Crippen LogP contribution in [0.25, 0.3) is 0 Å². The Morgan fingerprint density at radius 3 is 2.50 bits per heavy atom. The molecule has 0 heterocycles. The van der Waals surface area contributed by atoms with Crippen molar-refractivity contribution in [3.05, 3.63) is 29.3 Å². The van der Waals surface area contributed by atoms with Gasteiger partial charge in [-0.3, -0.25) is 4.79 Å². The van der Waals surface area contributed by atoms with Crippen molar-refractivity contribution < 1.29 is 9.53 Å². The number of ether oxygens (including phenoxy) is 1. The van der Waals surface area contributed by atoms with Crippen LogP contribution in [0.5, 0.6) is 5.75 Å². The topological polar surface area (TPSA) is 29.5 Å². The molecule has 18 heavy (non-hydrogen) atoms. The number of hydrogen-bond donors (Lipinski definition) is 0. The van der Waals surface area contributed by atoms with E-state index in [1.807, 2.05) is 18.2 Å². The molecular formula is C15H21NO2. The zero-order valence-electron chi connectivity index (χ0n) is 11.6. The Hall–Kier alpha value is -1.51. The Morgan fingerprint density at radius 1 is 1.33 bits per heavy atom. The summed E-state index contributed by atoms with van der Waals surface area (Å²) < 4.78 is 5.76. The molecule has 0 aliphatic heterocycles. The summed E-state index contributed by atoms with van der Waals surface area (Å²) in [6.07, 6.45) is 2.61. The maximum absolute atomic E-state index is 12.2. The highest BCUT2D eigenvalue weighted by atomic mass is 16.5. The van der Waals surface area contributed by atoms with Crippen LogP contribution in [0.4, 0.5) is 0 Å². The van der Waals surface area contributed by atoms with Crippen LogP contribution in [0.2, 0.25) is 0 Å². The van der Waals surface area contributed by atoms with Crippen LogP contribution in [-0.4, -0.2) is 31.0 Å². The standard InChI is InChI=1S/C15H21NO2/c1-10(2)13-8-7-12(18-11-5-6-11)9-14(13)15(17)16(3)4/h7-11H,5-6H2,1-4H3. The molecule has 1 aromatic rings. The fraction of sp³-hybridized carbons (Fsp3) is 0.533. The van der Waals surface area contributed by atoms with Gasteiger partial charge in [0, 0.05) is 19.7 Å². The van der Waals surface area contributed by atoms with Gasteiger partial charge < -0.3 is 9.64 Å². The third kappa shape index (κ3) is 2.84. The molecule has 3 nitrogen and oxygen atoms in total. The lowest BCUT2D eigenvalue weighted by Crippen LogP contribution is -2.23. The predicted octanol–water partition coefficient (Wildman–Crippen LogP) is 3.05. The zero-order valence-corrected chi connectivity index (χ0v) is 11.6. The summed E-state index contributed by atoms with van der Waals surface area (Å²) in [6.45, 7) is 4.20. The molecular weight excluding hydrogens is 226 g/mol. The minimum Gasteiger partial charge on any atom is -0.490 e. The molecule has 3 heteroatoms. The summed E-state index contributed by atoms with van der Waals surface area (Å²) in [6, 6.07) is 5.87. The second-order valence-electron chi connectivity index (χ2n) is 5.42. The maximum atomic E-state index is 12.2. The summed E-state index contributed by atoms with van der Waals surface area (Å²) in [5.74, 6) is 1.19. The van der Waals surface area contributed by atoms with E-state index in [4.69, 9.17) is 4.74 Å². The van der Waals surface area contributed by atoms with Crippen LogP contribution >= 0.6 is 0 Å². The first-order valence-electron chi connectivity index (χ1n) is 6.51. The Balaban J connectivity index is 2.33. The number of rotatable bonds is 4. The second-order valence-corrected chi connectivity index (χ2v) is 5.42. The summed E-state index contributed by atoms with van der Waals surface area (Å²) in [7, 11) is 3.56. The van der Waals surface area contributed by atoms with Crippen LogP contribution in [0.1, 0.15) is 48.5 Å². The zero-order chi connectivity index (χ0) is 13.3. The number of carbonyl (C=O) groups is 1. The van der Waals surface area contributed by atoms with E-state index in [9.17, 15) is 4.79 Å². The molecule has 2 rings (SSSR count). The minimum absolute atomic E-state index is 0.0416. The van der Waals surface area contributed by atoms with Gasteiger partial charge in [0.05, 0.1) is 6.10 Å². The molecule has 1 aromatic carbocycles. The van der Waals surface area contributed by atoms with Crippen molar-refractivity contribution in [3.8, 4) is 5.75 Å². The molecule has 1 fully saturated rings. The fourth-order valence-corrected chi connectivity index (χ4v) is 1.92. The molecule has 0 aromatic heterocycles. The van der Waals surface area contributed by atoms with Gasteiger partial charge in [-0.25, -0.2) is 0 Å². The van der Waals surface area contributed by atoms with Crippen molar-refractivity contribution in [1.82, 2.24) is 4.90 Å². The van der Waals surface area contributed by atoms with Crippen LogP contribution in [0.15, 0.2) is 18.2 Å². The van der Waals surface area contributed by atoms with Gasteiger partial charge in [-0.05, 0) is 36.5 Å². The second kappa shape index (κ2) is 5.01. The van der Waals surface area contributed by atoms with E-state index >= 15 is 0 Å². The van der Waals surface area contributed by atoms with E-state index < -0.39 is 0 Å². The first-order chi connectivity index (χ1) is 8.49. The monoisotopic (exact) mass is 247 g/mol. The van der Waals surface area contributed by atoms with E-state index in [1.165, 1.54) is 0 Å². The lowest BCUT2D eigenvalue weighted by atomic mass is 9.96. The molecule has 0 N–H and O–H groups in total. The molecule has 0 spiro atoms. The normalized spacial score (nSPS) is 14.7. The molecule has 0 bridgehead atoms. The van der Waals surface area contributed by atoms with Gasteiger partial charge in [0.15, 0.2) is 0 Å². The van der Waals surface area contributed by atoms with Gasteiger partial charge in [0.1, 0.15) is 5.75 Å². The van der Waals surface area contributed by atoms with Gasteiger partial charge in [-0.1, -0.05) is 19.9 Å². The fourth-order valence-electron chi connectivity index (χ4n) is 1.92. The molecule has 98 valence electrons. The van der Waals surface area contributed by atoms with Crippen molar-refractivity contribution >= 4 is 5.91 Å². The minimum atomic E-state index is 0.0416. The lowest BCUT2D eigenvalue weighted by Gasteiger charge is -2.17. The van der Waals surface area contributed by atoms with E-state index in [0.29, 0.717) is 12.0 Å². The molecule has 0 atom stereocenters. The number of benzene rings is 1. The van der Waals surface area contributed by atoms with Crippen LogP contribution < -0.4 is 4.74 Å². The third-order valence-electron chi connectivity index (χ3n) is 3.11.